The van der Waals surface area contributed by atoms with Crippen LogP contribution < -0.4 is 5.32 Å². The molecule has 4 nitrogen and oxygen atoms in total. The maximum Gasteiger partial charge on any atom is 0.128 e. The number of benzene rings is 1. The summed E-state index contributed by atoms with van der Waals surface area (Å²) in [4.78, 5) is 0. The summed E-state index contributed by atoms with van der Waals surface area (Å²) in [6, 6.07) is 11.9. The van der Waals surface area contributed by atoms with Gasteiger partial charge in [0.25, 0.3) is 0 Å². The summed E-state index contributed by atoms with van der Waals surface area (Å²) in [5.41, 5.74) is 3.28. The molecule has 0 unspecified atom stereocenters. The fourth-order valence-electron chi connectivity index (χ4n) is 2.37. The van der Waals surface area contributed by atoms with E-state index >= 15 is 0 Å². The monoisotopic (exact) mass is 274 g/mol. The zero-order valence-electron chi connectivity index (χ0n) is 12.3. The first-order valence-electron chi connectivity index (χ1n) is 7.22. The van der Waals surface area contributed by atoms with Crippen molar-refractivity contribution in [1.29, 1.82) is 0 Å². The summed E-state index contributed by atoms with van der Waals surface area (Å²) >= 11 is 0. The maximum absolute atomic E-state index is 10.0. The SMILES string of the molecule is Cc1cc(C)n(CCC[NH2+]C[C@H](O)c2ccccc2)n1. The summed E-state index contributed by atoms with van der Waals surface area (Å²) in [6.07, 6.45) is 0.675. The van der Waals surface area contributed by atoms with Crippen molar-refractivity contribution in [2.75, 3.05) is 13.1 Å². The van der Waals surface area contributed by atoms with Crippen molar-refractivity contribution in [1.82, 2.24) is 9.78 Å². The molecule has 1 aromatic heterocycles. The number of aromatic nitrogens is 2. The summed E-state index contributed by atoms with van der Waals surface area (Å²) in [5.74, 6) is 0. The first-order valence-corrected chi connectivity index (χ1v) is 7.22. The number of nitrogens with two attached hydrogens (primary N) is 1. The Hall–Kier alpha value is -1.65. The smallest absolute Gasteiger partial charge is 0.128 e. The van der Waals surface area contributed by atoms with Gasteiger partial charge in [-0.05, 0) is 25.5 Å². The van der Waals surface area contributed by atoms with Crippen LogP contribution in [0.3, 0.4) is 0 Å². The minimum Gasteiger partial charge on any atom is -0.382 e. The van der Waals surface area contributed by atoms with Crippen molar-refractivity contribution in [2.45, 2.75) is 32.9 Å². The van der Waals surface area contributed by atoms with Crippen LogP contribution >= 0.6 is 0 Å². The van der Waals surface area contributed by atoms with Gasteiger partial charge in [0.1, 0.15) is 12.6 Å². The van der Waals surface area contributed by atoms with E-state index in [4.69, 9.17) is 0 Å². The number of hydrogen-bond acceptors (Lipinski definition) is 2. The maximum atomic E-state index is 10.0. The molecule has 3 N–H and O–H groups in total. The van der Waals surface area contributed by atoms with Gasteiger partial charge in [0, 0.05) is 18.7 Å². The summed E-state index contributed by atoms with van der Waals surface area (Å²) in [6.45, 7) is 6.76. The van der Waals surface area contributed by atoms with Gasteiger partial charge in [0.2, 0.25) is 0 Å². The number of aliphatic hydroxyl groups is 1. The van der Waals surface area contributed by atoms with Crippen molar-refractivity contribution >= 4 is 0 Å². The number of nitrogens with zero attached hydrogens (tertiary/aromatic N) is 2. The van der Waals surface area contributed by atoms with E-state index in [1.807, 2.05) is 37.3 Å². The minimum absolute atomic E-state index is 0.384. The Morgan fingerprint density at radius 2 is 2.00 bits per heavy atom. The number of aryl methyl sites for hydroxylation is 3. The third kappa shape index (κ3) is 4.18. The molecule has 1 atom stereocenters. The quantitative estimate of drug-likeness (QED) is 0.745. The van der Waals surface area contributed by atoms with Crippen LogP contribution in [0.25, 0.3) is 0 Å². The molecule has 0 aliphatic rings. The molecule has 108 valence electrons. The van der Waals surface area contributed by atoms with Gasteiger partial charge in [0.15, 0.2) is 0 Å². The van der Waals surface area contributed by atoms with E-state index in [0.29, 0.717) is 6.54 Å². The normalized spacial score (nSPS) is 12.6. The van der Waals surface area contributed by atoms with E-state index in [-0.39, 0.29) is 6.10 Å². The van der Waals surface area contributed by atoms with Crippen LogP contribution in [0.1, 0.15) is 29.5 Å². The van der Waals surface area contributed by atoms with Gasteiger partial charge in [0.05, 0.1) is 12.2 Å². The molecule has 1 aromatic carbocycles. The van der Waals surface area contributed by atoms with Crippen LogP contribution in [0.2, 0.25) is 0 Å². The molecule has 0 saturated heterocycles. The van der Waals surface area contributed by atoms with Crippen molar-refractivity contribution < 1.29 is 10.4 Å². The van der Waals surface area contributed by atoms with Gasteiger partial charge in [-0.15, -0.1) is 0 Å². The number of hydrogen-bond donors (Lipinski definition) is 2. The molecule has 0 aliphatic carbocycles. The fraction of sp³-hybridized carbons (Fsp3) is 0.438. The highest BCUT2D eigenvalue weighted by Gasteiger charge is 2.08. The molecule has 0 saturated carbocycles. The Labute approximate surface area is 120 Å². The van der Waals surface area contributed by atoms with Gasteiger partial charge in [-0.25, -0.2) is 0 Å². The number of rotatable bonds is 7. The van der Waals surface area contributed by atoms with E-state index < -0.39 is 0 Å². The molecule has 20 heavy (non-hydrogen) atoms. The van der Waals surface area contributed by atoms with Crippen LogP contribution in [0.15, 0.2) is 36.4 Å². The summed E-state index contributed by atoms with van der Waals surface area (Å²) < 4.78 is 2.05. The predicted octanol–water partition coefficient (Wildman–Crippen LogP) is 1.19. The van der Waals surface area contributed by atoms with Crippen LogP contribution in [-0.4, -0.2) is 28.0 Å². The van der Waals surface area contributed by atoms with Gasteiger partial charge in [-0.3, -0.25) is 4.68 Å². The second kappa shape index (κ2) is 7.22. The van der Waals surface area contributed by atoms with E-state index in [1.54, 1.807) is 0 Å². The molecule has 2 aromatic rings. The molecule has 0 aliphatic heterocycles. The Bertz CT molecular complexity index is 522. The second-order valence-corrected chi connectivity index (χ2v) is 5.24. The molecule has 2 rings (SSSR count). The van der Waals surface area contributed by atoms with E-state index in [0.717, 1.165) is 30.8 Å². The lowest BCUT2D eigenvalue weighted by Crippen LogP contribution is -2.85. The summed E-state index contributed by atoms with van der Waals surface area (Å²) in [7, 11) is 0. The van der Waals surface area contributed by atoms with Crippen molar-refractivity contribution in [3.8, 4) is 0 Å². The molecule has 0 bridgehead atoms. The molecule has 0 amide bonds. The van der Waals surface area contributed by atoms with Gasteiger partial charge in [-0.2, -0.15) is 5.10 Å². The summed E-state index contributed by atoms with van der Waals surface area (Å²) in [5, 5.41) is 16.6. The van der Waals surface area contributed by atoms with Crippen LogP contribution in [-0.2, 0) is 6.54 Å². The third-order valence-electron chi connectivity index (χ3n) is 3.46. The molecular formula is C16H24N3O+. The standard InChI is InChI=1S/C16H23N3O/c1-13-11-14(2)19(18-13)10-6-9-17-12-16(20)15-7-4-3-5-8-15/h3-5,7-8,11,16-17,20H,6,9-10,12H2,1-2H3/p+1/t16-/m0/s1. The first-order chi connectivity index (χ1) is 9.66. The van der Waals surface area contributed by atoms with Crippen LogP contribution in [0, 0.1) is 13.8 Å². The highest BCUT2D eigenvalue weighted by Crippen LogP contribution is 2.08. The molecular weight excluding hydrogens is 250 g/mol. The Morgan fingerprint density at radius 1 is 1.25 bits per heavy atom. The molecule has 1 heterocycles. The Balaban J connectivity index is 1.66. The van der Waals surface area contributed by atoms with Gasteiger partial charge < -0.3 is 10.4 Å². The lowest BCUT2D eigenvalue weighted by atomic mass is 10.1. The van der Waals surface area contributed by atoms with E-state index in [1.165, 1.54) is 5.69 Å². The largest absolute Gasteiger partial charge is 0.382 e. The lowest BCUT2D eigenvalue weighted by Gasteiger charge is -2.10. The minimum atomic E-state index is -0.384. The van der Waals surface area contributed by atoms with Crippen molar-refractivity contribution in [2.24, 2.45) is 0 Å². The average Bonchev–Trinajstić information content (AvgIpc) is 2.77. The highest BCUT2D eigenvalue weighted by molar-refractivity contribution is 5.16. The zero-order valence-corrected chi connectivity index (χ0v) is 12.3. The number of quaternary nitrogens is 1. The van der Waals surface area contributed by atoms with Gasteiger partial charge in [-0.1, -0.05) is 30.3 Å². The Morgan fingerprint density at radius 3 is 2.65 bits per heavy atom. The van der Waals surface area contributed by atoms with Crippen LogP contribution in [0.5, 0.6) is 0 Å². The zero-order chi connectivity index (χ0) is 14.4. The van der Waals surface area contributed by atoms with Crippen molar-refractivity contribution in [3.63, 3.8) is 0 Å². The van der Waals surface area contributed by atoms with Gasteiger partial charge >= 0.3 is 0 Å². The molecule has 0 spiro atoms. The average molecular weight is 274 g/mol. The highest BCUT2D eigenvalue weighted by atomic mass is 16.3. The molecule has 4 heteroatoms. The molecule has 0 fully saturated rings. The third-order valence-corrected chi connectivity index (χ3v) is 3.46. The number of aliphatic hydroxyl groups excluding tert-OH is 1. The topological polar surface area (TPSA) is 54.7 Å². The van der Waals surface area contributed by atoms with E-state index in [9.17, 15) is 5.11 Å². The Kier molecular flexibility index (Phi) is 5.32. The van der Waals surface area contributed by atoms with E-state index in [2.05, 4.69) is 28.1 Å². The first kappa shape index (κ1) is 14.8. The second-order valence-electron chi connectivity index (χ2n) is 5.24. The fourth-order valence-corrected chi connectivity index (χ4v) is 2.37. The van der Waals surface area contributed by atoms with Crippen molar-refractivity contribution in [3.05, 3.63) is 53.3 Å². The lowest BCUT2D eigenvalue weighted by molar-refractivity contribution is -0.662. The molecule has 0 radical (unpaired) electrons. The predicted molar refractivity (Wildman–Crippen MR) is 79.4 cm³/mol. The van der Waals surface area contributed by atoms with Crippen LogP contribution in [0.4, 0.5) is 0 Å².